The maximum atomic E-state index is 12.7. The lowest BCUT2D eigenvalue weighted by molar-refractivity contribution is -0.255. The van der Waals surface area contributed by atoms with Crippen LogP contribution >= 0.6 is 0 Å². The largest absolute Gasteiger partial charge is 0.545 e. The standard InChI is InChI=1S/C22H15NO6/c1-28-15-7-9-17(10-8-15)29-16-5-3-14(4-6-16)23-20(24)18-11-2-13(22(26)27)12-19(18)21(23)25/h2-12H,1H3,(H,26,27)/p-1. The van der Waals surface area contributed by atoms with E-state index in [9.17, 15) is 19.5 Å². The van der Waals surface area contributed by atoms with Gasteiger partial charge in [-0.15, -0.1) is 0 Å². The molecule has 3 aromatic carbocycles. The first-order valence-electron chi connectivity index (χ1n) is 8.64. The maximum Gasteiger partial charge on any atom is 0.266 e. The molecule has 0 saturated heterocycles. The lowest BCUT2D eigenvalue weighted by Gasteiger charge is -2.14. The van der Waals surface area contributed by atoms with Crippen molar-refractivity contribution in [3.8, 4) is 17.2 Å². The van der Waals surface area contributed by atoms with Crippen LogP contribution in [-0.2, 0) is 0 Å². The van der Waals surface area contributed by atoms with Gasteiger partial charge in [0, 0.05) is 0 Å². The predicted octanol–water partition coefficient (Wildman–Crippen LogP) is 2.65. The maximum absolute atomic E-state index is 12.7. The first kappa shape index (κ1) is 18.2. The van der Waals surface area contributed by atoms with E-state index < -0.39 is 17.8 Å². The Morgan fingerprint density at radius 3 is 1.93 bits per heavy atom. The van der Waals surface area contributed by atoms with E-state index in [1.165, 1.54) is 12.1 Å². The van der Waals surface area contributed by atoms with Crippen LogP contribution in [0.5, 0.6) is 17.2 Å². The van der Waals surface area contributed by atoms with Crippen LogP contribution in [0, 0.1) is 0 Å². The molecule has 0 spiro atoms. The predicted molar refractivity (Wildman–Crippen MR) is 101 cm³/mol. The Bertz CT molecular complexity index is 1120. The summed E-state index contributed by atoms with van der Waals surface area (Å²) in [5.41, 5.74) is 0.386. The molecule has 0 fully saturated rings. The van der Waals surface area contributed by atoms with E-state index in [-0.39, 0.29) is 16.7 Å². The fourth-order valence-corrected chi connectivity index (χ4v) is 3.05. The molecule has 0 aliphatic carbocycles. The van der Waals surface area contributed by atoms with Crippen LogP contribution in [0.4, 0.5) is 5.69 Å². The molecule has 0 aromatic heterocycles. The van der Waals surface area contributed by atoms with Crippen LogP contribution in [0.3, 0.4) is 0 Å². The van der Waals surface area contributed by atoms with Gasteiger partial charge < -0.3 is 19.4 Å². The van der Waals surface area contributed by atoms with Gasteiger partial charge in [-0.05, 0) is 66.2 Å². The van der Waals surface area contributed by atoms with E-state index in [1.54, 1.807) is 55.6 Å². The number of carboxylic acids is 1. The monoisotopic (exact) mass is 388 g/mol. The van der Waals surface area contributed by atoms with Crippen molar-refractivity contribution in [1.29, 1.82) is 0 Å². The van der Waals surface area contributed by atoms with Crippen molar-refractivity contribution < 1.29 is 29.0 Å². The summed E-state index contributed by atoms with van der Waals surface area (Å²) in [5, 5.41) is 11.0. The van der Waals surface area contributed by atoms with Crippen molar-refractivity contribution >= 4 is 23.5 Å². The van der Waals surface area contributed by atoms with Crippen LogP contribution in [0.25, 0.3) is 0 Å². The minimum atomic E-state index is -1.41. The van der Waals surface area contributed by atoms with Crippen LogP contribution in [-0.4, -0.2) is 24.9 Å². The molecule has 1 aliphatic rings. The van der Waals surface area contributed by atoms with Gasteiger partial charge in [0.25, 0.3) is 11.8 Å². The Balaban J connectivity index is 1.56. The third kappa shape index (κ3) is 3.29. The topological polar surface area (TPSA) is 96.0 Å². The van der Waals surface area contributed by atoms with Gasteiger partial charge in [-0.2, -0.15) is 0 Å². The van der Waals surface area contributed by atoms with E-state index in [2.05, 4.69) is 0 Å². The first-order chi connectivity index (χ1) is 14.0. The van der Waals surface area contributed by atoms with Gasteiger partial charge in [0.15, 0.2) is 0 Å². The highest BCUT2D eigenvalue weighted by atomic mass is 16.5. The van der Waals surface area contributed by atoms with Crippen LogP contribution < -0.4 is 19.5 Å². The summed E-state index contributed by atoms with van der Waals surface area (Å²) in [4.78, 5) is 37.3. The molecule has 0 radical (unpaired) electrons. The zero-order valence-electron chi connectivity index (χ0n) is 15.2. The number of amides is 2. The smallest absolute Gasteiger partial charge is 0.266 e. The molecule has 0 unspecified atom stereocenters. The minimum absolute atomic E-state index is 0.0373. The molecule has 0 saturated carbocycles. The van der Waals surface area contributed by atoms with Crippen molar-refractivity contribution in [2.24, 2.45) is 0 Å². The molecule has 1 heterocycles. The summed E-state index contributed by atoms with van der Waals surface area (Å²) in [5.74, 6) is -0.675. The molecule has 7 heteroatoms. The van der Waals surface area contributed by atoms with E-state index in [1.807, 2.05) is 0 Å². The van der Waals surface area contributed by atoms with Crippen molar-refractivity contribution in [1.82, 2.24) is 0 Å². The zero-order chi connectivity index (χ0) is 20.5. The second-order valence-corrected chi connectivity index (χ2v) is 6.27. The molecule has 144 valence electrons. The Hall–Kier alpha value is -4.13. The van der Waals surface area contributed by atoms with Gasteiger partial charge in [0.05, 0.1) is 29.9 Å². The van der Waals surface area contributed by atoms with E-state index >= 15 is 0 Å². The summed E-state index contributed by atoms with van der Waals surface area (Å²) >= 11 is 0. The average molecular weight is 388 g/mol. The Labute approximate surface area is 165 Å². The number of aromatic carboxylic acids is 1. The summed E-state index contributed by atoms with van der Waals surface area (Å²) < 4.78 is 10.8. The van der Waals surface area contributed by atoms with E-state index in [0.717, 1.165) is 11.0 Å². The number of ether oxygens (including phenoxy) is 2. The molecular weight excluding hydrogens is 374 g/mol. The quantitative estimate of drug-likeness (QED) is 0.624. The van der Waals surface area contributed by atoms with Crippen LogP contribution in [0.2, 0.25) is 0 Å². The number of fused-ring (bicyclic) bond motifs is 1. The zero-order valence-corrected chi connectivity index (χ0v) is 15.2. The number of hydrogen-bond acceptors (Lipinski definition) is 6. The number of anilines is 1. The molecular formula is C22H14NO6-. The van der Waals surface area contributed by atoms with Crippen molar-refractivity contribution in [3.05, 3.63) is 83.4 Å². The molecule has 7 nitrogen and oxygen atoms in total. The summed E-state index contributed by atoms with van der Waals surface area (Å²) in [6, 6.07) is 17.2. The molecule has 1 aliphatic heterocycles. The Morgan fingerprint density at radius 1 is 0.793 bits per heavy atom. The molecule has 3 aromatic rings. The van der Waals surface area contributed by atoms with Gasteiger partial charge in [0.2, 0.25) is 0 Å². The van der Waals surface area contributed by atoms with Gasteiger partial charge in [-0.1, -0.05) is 6.07 Å². The van der Waals surface area contributed by atoms with E-state index in [0.29, 0.717) is 22.9 Å². The second-order valence-electron chi connectivity index (χ2n) is 6.27. The SMILES string of the molecule is COc1ccc(Oc2ccc(N3C(=O)c4ccc(C(=O)[O-])cc4C3=O)cc2)cc1. The molecule has 0 N–H and O–H groups in total. The molecule has 0 atom stereocenters. The number of carboxylic acid groups (broad SMARTS) is 1. The van der Waals surface area contributed by atoms with Gasteiger partial charge >= 0.3 is 0 Å². The lowest BCUT2D eigenvalue weighted by Crippen LogP contribution is -2.29. The normalized spacial score (nSPS) is 12.7. The van der Waals surface area contributed by atoms with Gasteiger partial charge in [0.1, 0.15) is 17.2 Å². The second kappa shape index (κ2) is 7.12. The van der Waals surface area contributed by atoms with Gasteiger partial charge in [-0.25, -0.2) is 4.90 Å². The summed E-state index contributed by atoms with van der Waals surface area (Å²) in [6.07, 6.45) is 0. The number of carbonyl (C=O) groups is 3. The highest BCUT2D eigenvalue weighted by Crippen LogP contribution is 2.31. The molecule has 29 heavy (non-hydrogen) atoms. The highest BCUT2D eigenvalue weighted by molar-refractivity contribution is 6.34. The number of methoxy groups -OCH3 is 1. The first-order valence-corrected chi connectivity index (χ1v) is 8.64. The van der Waals surface area contributed by atoms with E-state index in [4.69, 9.17) is 9.47 Å². The molecule has 2 amide bonds. The minimum Gasteiger partial charge on any atom is -0.545 e. The Kier molecular flexibility index (Phi) is 4.48. The fraction of sp³-hybridized carbons (Fsp3) is 0.0455. The average Bonchev–Trinajstić information content (AvgIpc) is 2.99. The van der Waals surface area contributed by atoms with Crippen molar-refractivity contribution in [2.45, 2.75) is 0 Å². The third-order valence-corrected chi connectivity index (χ3v) is 4.51. The summed E-state index contributed by atoms with van der Waals surface area (Å²) in [7, 11) is 1.58. The fourth-order valence-electron chi connectivity index (χ4n) is 3.05. The van der Waals surface area contributed by atoms with Crippen LogP contribution in [0.1, 0.15) is 31.1 Å². The van der Waals surface area contributed by atoms with Crippen molar-refractivity contribution in [3.63, 3.8) is 0 Å². The summed E-state index contributed by atoms with van der Waals surface area (Å²) in [6.45, 7) is 0. The number of carbonyl (C=O) groups excluding carboxylic acids is 3. The lowest BCUT2D eigenvalue weighted by atomic mass is 10.1. The van der Waals surface area contributed by atoms with Crippen molar-refractivity contribution in [2.75, 3.05) is 12.0 Å². The van der Waals surface area contributed by atoms with Crippen LogP contribution in [0.15, 0.2) is 66.7 Å². The molecule has 4 rings (SSSR count). The van der Waals surface area contributed by atoms with Gasteiger partial charge in [-0.3, -0.25) is 9.59 Å². The Morgan fingerprint density at radius 2 is 1.34 bits per heavy atom. The number of rotatable bonds is 5. The number of hydrogen-bond donors (Lipinski definition) is 0. The number of imide groups is 1. The number of nitrogens with zero attached hydrogens (tertiary/aromatic N) is 1. The molecule has 0 bridgehead atoms. The third-order valence-electron chi connectivity index (χ3n) is 4.51. The number of benzene rings is 3. The highest BCUT2D eigenvalue weighted by Gasteiger charge is 2.36.